The smallest absolute Gasteiger partial charge is 0.122 e. The molecular formula is C15H24N2O3. The Morgan fingerprint density at radius 3 is 2.10 bits per heavy atom. The van der Waals surface area contributed by atoms with E-state index in [1.54, 1.807) is 21.3 Å². The molecule has 112 valence electrons. The van der Waals surface area contributed by atoms with Crippen LogP contribution in [-0.2, 0) is 4.74 Å². The number of hydrazine groups is 1. The summed E-state index contributed by atoms with van der Waals surface area (Å²) in [4.78, 5) is 0. The molecule has 0 spiro atoms. The van der Waals surface area contributed by atoms with Gasteiger partial charge >= 0.3 is 0 Å². The Morgan fingerprint density at radius 2 is 1.75 bits per heavy atom. The largest absolute Gasteiger partial charge is 0.497 e. The molecule has 1 atom stereocenters. The Labute approximate surface area is 120 Å². The predicted molar refractivity (Wildman–Crippen MR) is 77.8 cm³/mol. The van der Waals surface area contributed by atoms with Gasteiger partial charge in [-0.15, -0.1) is 0 Å². The third kappa shape index (κ3) is 3.06. The molecule has 0 amide bonds. The van der Waals surface area contributed by atoms with E-state index in [2.05, 4.69) is 5.43 Å². The zero-order chi connectivity index (χ0) is 14.6. The summed E-state index contributed by atoms with van der Waals surface area (Å²) >= 11 is 0. The summed E-state index contributed by atoms with van der Waals surface area (Å²) in [6.45, 7) is 0. The van der Waals surface area contributed by atoms with Crippen molar-refractivity contribution in [1.29, 1.82) is 0 Å². The van der Waals surface area contributed by atoms with Crippen LogP contribution in [0, 0.1) is 0 Å². The minimum Gasteiger partial charge on any atom is -0.497 e. The van der Waals surface area contributed by atoms with E-state index in [0.29, 0.717) is 0 Å². The number of nitrogens with two attached hydrogens (primary N) is 1. The van der Waals surface area contributed by atoms with E-state index in [0.717, 1.165) is 36.3 Å². The molecule has 5 nitrogen and oxygen atoms in total. The van der Waals surface area contributed by atoms with Gasteiger partial charge in [0.05, 0.1) is 19.8 Å². The molecule has 1 aliphatic carbocycles. The van der Waals surface area contributed by atoms with Crippen LogP contribution in [0.2, 0.25) is 0 Å². The highest BCUT2D eigenvalue weighted by Crippen LogP contribution is 2.42. The van der Waals surface area contributed by atoms with Gasteiger partial charge in [0.2, 0.25) is 0 Å². The lowest BCUT2D eigenvalue weighted by Crippen LogP contribution is -2.44. The average molecular weight is 280 g/mol. The van der Waals surface area contributed by atoms with Gasteiger partial charge in [-0.1, -0.05) is 0 Å². The molecule has 1 aromatic rings. The fourth-order valence-corrected chi connectivity index (χ4v) is 2.74. The Morgan fingerprint density at radius 1 is 1.15 bits per heavy atom. The molecule has 0 bridgehead atoms. The maximum absolute atomic E-state index is 5.74. The maximum atomic E-state index is 5.74. The topological polar surface area (TPSA) is 65.7 Å². The second kappa shape index (κ2) is 6.43. The van der Waals surface area contributed by atoms with Crippen LogP contribution in [0.3, 0.4) is 0 Å². The molecule has 1 aliphatic rings. The molecule has 20 heavy (non-hydrogen) atoms. The summed E-state index contributed by atoms with van der Waals surface area (Å²) in [6, 6.07) is 5.83. The number of methoxy groups -OCH3 is 3. The Hall–Kier alpha value is -1.30. The van der Waals surface area contributed by atoms with Crippen LogP contribution in [-0.4, -0.2) is 26.9 Å². The number of benzene rings is 1. The van der Waals surface area contributed by atoms with Crippen molar-refractivity contribution in [1.82, 2.24) is 5.43 Å². The van der Waals surface area contributed by atoms with E-state index in [1.165, 1.54) is 6.42 Å². The number of hydrogen-bond acceptors (Lipinski definition) is 5. The van der Waals surface area contributed by atoms with Crippen molar-refractivity contribution in [2.75, 3.05) is 21.3 Å². The molecular weight excluding hydrogens is 256 g/mol. The van der Waals surface area contributed by atoms with Crippen LogP contribution in [0.5, 0.6) is 11.5 Å². The Bertz CT molecular complexity index is 419. The number of hydrogen-bond donors (Lipinski definition) is 2. The summed E-state index contributed by atoms with van der Waals surface area (Å²) in [7, 11) is 5.07. The standard InChI is InChI=1S/C15H24N2O3/c1-18-12-7-11(8-13(9-12)19-2)14(17-16)10-15(20-3)5-4-6-15/h7-9,14,17H,4-6,10,16H2,1-3H3. The monoisotopic (exact) mass is 280 g/mol. The van der Waals surface area contributed by atoms with Crippen LogP contribution in [0.25, 0.3) is 0 Å². The highest BCUT2D eigenvalue weighted by atomic mass is 16.5. The lowest BCUT2D eigenvalue weighted by Gasteiger charge is -2.42. The van der Waals surface area contributed by atoms with Crippen molar-refractivity contribution in [2.24, 2.45) is 5.84 Å². The van der Waals surface area contributed by atoms with Crippen LogP contribution < -0.4 is 20.7 Å². The quantitative estimate of drug-likeness (QED) is 0.592. The van der Waals surface area contributed by atoms with Crippen molar-refractivity contribution < 1.29 is 14.2 Å². The molecule has 3 N–H and O–H groups in total. The zero-order valence-corrected chi connectivity index (χ0v) is 12.4. The van der Waals surface area contributed by atoms with Gasteiger partial charge in [0.1, 0.15) is 11.5 Å². The summed E-state index contributed by atoms with van der Waals surface area (Å²) < 4.78 is 16.3. The van der Waals surface area contributed by atoms with Crippen molar-refractivity contribution in [3.05, 3.63) is 23.8 Å². The second-order valence-corrected chi connectivity index (χ2v) is 5.31. The zero-order valence-electron chi connectivity index (χ0n) is 12.4. The van der Waals surface area contributed by atoms with Crippen molar-refractivity contribution >= 4 is 0 Å². The lowest BCUT2D eigenvalue weighted by atomic mass is 9.75. The van der Waals surface area contributed by atoms with Gasteiger partial charge in [0, 0.05) is 19.2 Å². The van der Waals surface area contributed by atoms with E-state index in [9.17, 15) is 0 Å². The molecule has 0 aromatic heterocycles. The van der Waals surface area contributed by atoms with E-state index in [1.807, 2.05) is 18.2 Å². The van der Waals surface area contributed by atoms with E-state index < -0.39 is 0 Å². The Kier molecular flexibility index (Phi) is 4.86. The highest BCUT2D eigenvalue weighted by molar-refractivity contribution is 5.40. The summed E-state index contributed by atoms with van der Waals surface area (Å²) in [5, 5.41) is 0. The van der Waals surface area contributed by atoms with Crippen LogP contribution in [0.1, 0.15) is 37.3 Å². The fourth-order valence-electron chi connectivity index (χ4n) is 2.74. The van der Waals surface area contributed by atoms with E-state index in [-0.39, 0.29) is 11.6 Å². The summed E-state index contributed by atoms with van der Waals surface area (Å²) in [5.74, 6) is 7.27. The fraction of sp³-hybridized carbons (Fsp3) is 0.600. The van der Waals surface area contributed by atoms with Gasteiger partial charge in [-0.05, 0) is 43.4 Å². The Balaban J connectivity index is 2.22. The van der Waals surface area contributed by atoms with Gasteiger partial charge in [-0.2, -0.15) is 0 Å². The molecule has 0 aliphatic heterocycles. The third-order valence-electron chi connectivity index (χ3n) is 4.25. The first kappa shape index (κ1) is 15.1. The maximum Gasteiger partial charge on any atom is 0.122 e. The first-order chi connectivity index (χ1) is 9.66. The first-order valence-electron chi connectivity index (χ1n) is 6.90. The van der Waals surface area contributed by atoms with E-state index >= 15 is 0 Å². The molecule has 1 fully saturated rings. The van der Waals surface area contributed by atoms with E-state index in [4.69, 9.17) is 20.1 Å². The average Bonchev–Trinajstić information content (AvgIpc) is 2.46. The molecule has 2 rings (SSSR count). The minimum absolute atomic E-state index is 0.0132. The first-order valence-corrected chi connectivity index (χ1v) is 6.90. The molecule has 0 heterocycles. The normalized spacial score (nSPS) is 18.2. The van der Waals surface area contributed by atoms with Gasteiger partial charge in [0.25, 0.3) is 0 Å². The van der Waals surface area contributed by atoms with Crippen LogP contribution >= 0.6 is 0 Å². The second-order valence-electron chi connectivity index (χ2n) is 5.31. The minimum atomic E-state index is -0.0483. The molecule has 1 saturated carbocycles. The van der Waals surface area contributed by atoms with Crippen LogP contribution in [0.15, 0.2) is 18.2 Å². The van der Waals surface area contributed by atoms with Crippen molar-refractivity contribution in [3.8, 4) is 11.5 Å². The van der Waals surface area contributed by atoms with Gasteiger partial charge < -0.3 is 14.2 Å². The summed E-state index contributed by atoms with van der Waals surface area (Å²) in [5.41, 5.74) is 3.89. The summed E-state index contributed by atoms with van der Waals surface area (Å²) in [6.07, 6.45) is 4.23. The number of nitrogens with one attached hydrogen (secondary N) is 1. The molecule has 5 heteroatoms. The molecule has 1 aromatic carbocycles. The van der Waals surface area contributed by atoms with Crippen LogP contribution in [0.4, 0.5) is 0 Å². The predicted octanol–water partition coefficient (Wildman–Crippen LogP) is 2.17. The van der Waals surface area contributed by atoms with Gasteiger partial charge in [0.15, 0.2) is 0 Å². The van der Waals surface area contributed by atoms with Crippen molar-refractivity contribution in [3.63, 3.8) is 0 Å². The molecule has 1 unspecified atom stereocenters. The molecule has 0 radical (unpaired) electrons. The molecule has 0 saturated heterocycles. The van der Waals surface area contributed by atoms with Gasteiger partial charge in [-0.3, -0.25) is 11.3 Å². The number of rotatable bonds is 7. The number of ether oxygens (including phenoxy) is 3. The SMILES string of the molecule is COc1cc(OC)cc(C(CC2(OC)CCC2)NN)c1. The lowest BCUT2D eigenvalue weighted by molar-refractivity contribution is -0.0838. The third-order valence-corrected chi connectivity index (χ3v) is 4.25. The highest BCUT2D eigenvalue weighted by Gasteiger charge is 2.39. The van der Waals surface area contributed by atoms with Gasteiger partial charge in [-0.25, -0.2) is 0 Å². The van der Waals surface area contributed by atoms with Crippen molar-refractivity contribution in [2.45, 2.75) is 37.3 Å².